The molecular formula is C13H13ClN2O4. The number of hydrogen-bond acceptors (Lipinski definition) is 4. The van der Waals surface area contributed by atoms with Crippen molar-refractivity contribution in [3.63, 3.8) is 0 Å². The van der Waals surface area contributed by atoms with E-state index in [2.05, 4.69) is 10.2 Å². The van der Waals surface area contributed by atoms with Gasteiger partial charge in [-0.1, -0.05) is 11.6 Å². The molecule has 1 heterocycles. The molecule has 0 saturated carbocycles. The van der Waals surface area contributed by atoms with Gasteiger partial charge in [-0.25, -0.2) is 4.79 Å². The van der Waals surface area contributed by atoms with Crippen LogP contribution in [0.15, 0.2) is 12.1 Å². The smallest absolute Gasteiger partial charge is 0.353 e. The van der Waals surface area contributed by atoms with Gasteiger partial charge in [-0.2, -0.15) is 5.10 Å². The Morgan fingerprint density at radius 3 is 2.45 bits per heavy atom. The van der Waals surface area contributed by atoms with Gasteiger partial charge >= 0.3 is 5.97 Å². The van der Waals surface area contributed by atoms with Crippen molar-refractivity contribution < 1.29 is 19.4 Å². The fraction of sp³-hybridized carbons (Fsp3) is 0.231. The second kappa shape index (κ2) is 5.42. The van der Waals surface area contributed by atoms with Crippen LogP contribution in [-0.2, 0) is 0 Å². The van der Waals surface area contributed by atoms with Crippen LogP contribution in [0.4, 0.5) is 0 Å². The third-order valence-corrected chi connectivity index (χ3v) is 3.19. The highest BCUT2D eigenvalue weighted by molar-refractivity contribution is 6.32. The number of carboxylic acids is 1. The Morgan fingerprint density at radius 2 is 1.95 bits per heavy atom. The van der Waals surface area contributed by atoms with E-state index in [0.29, 0.717) is 27.8 Å². The van der Waals surface area contributed by atoms with Gasteiger partial charge in [0.1, 0.15) is 17.2 Å². The molecule has 0 radical (unpaired) electrons. The largest absolute Gasteiger partial charge is 0.496 e. The number of methoxy groups -OCH3 is 2. The van der Waals surface area contributed by atoms with Gasteiger partial charge in [-0.15, -0.1) is 0 Å². The minimum absolute atomic E-state index is 0.00773. The minimum Gasteiger partial charge on any atom is -0.496 e. The van der Waals surface area contributed by atoms with Crippen LogP contribution in [0, 0.1) is 6.92 Å². The molecule has 1 aromatic carbocycles. The van der Waals surface area contributed by atoms with Crippen LogP contribution in [0.25, 0.3) is 11.3 Å². The fourth-order valence-corrected chi connectivity index (χ4v) is 2.34. The summed E-state index contributed by atoms with van der Waals surface area (Å²) < 4.78 is 10.6. The van der Waals surface area contributed by atoms with Gasteiger partial charge in [-0.3, -0.25) is 5.10 Å². The topological polar surface area (TPSA) is 84.4 Å². The average Bonchev–Trinajstić information content (AvgIpc) is 2.88. The molecule has 0 aliphatic rings. The predicted molar refractivity (Wildman–Crippen MR) is 73.8 cm³/mol. The van der Waals surface area contributed by atoms with Crippen molar-refractivity contribution in [1.29, 1.82) is 0 Å². The SMILES string of the molecule is COc1c(Cl)cc(-c2cc(C(=O)O)[nH]n2)c(OC)c1C. The number of aromatic carboxylic acids is 1. The summed E-state index contributed by atoms with van der Waals surface area (Å²) in [6.45, 7) is 1.80. The number of benzene rings is 1. The maximum Gasteiger partial charge on any atom is 0.353 e. The first-order chi connectivity index (χ1) is 9.49. The Kier molecular flexibility index (Phi) is 3.85. The lowest BCUT2D eigenvalue weighted by atomic mass is 10.1. The first-order valence-electron chi connectivity index (χ1n) is 5.69. The number of nitrogens with zero attached hydrogens (tertiary/aromatic N) is 1. The molecule has 20 heavy (non-hydrogen) atoms. The normalized spacial score (nSPS) is 10.4. The quantitative estimate of drug-likeness (QED) is 0.906. The number of carbonyl (C=O) groups is 1. The highest BCUT2D eigenvalue weighted by Gasteiger charge is 2.19. The maximum atomic E-state index is 10.9. The highest BCUT2D eigenvalue weighted by Crippen LogP contribution is 2.42. The van der Waals surface area contributed by atoms with E-state index < -0.39 is 5.97 Å². The van der Waals surface area contributed by atoms with Gasteiger partial charge in [0.25, 0.3) is 0 Å². The Bertz CT molecular complexity index is 667. The molecule has 0 bridgehead atoms. The number of H-pyrrole nitrogens is 1. The number of aromatic amines is 1. The molecule has 0 unspecified atom stereocenters. The Hall–Kier alpha value is -2.21. The third-order valence-electron chi connectivity index (χ3n) is 2.91. The minimum atomic E-state index is -1.08. The molecule has 0 amide bonds. The van der Waals surface area contributed by atoms with Crippen molar-refractivity contribution in [2.45, 2.75) is 6.92 Å². The molecule has 106 valence electrons. The van der Waals surface area contributed by atoms with E-state index in [1.807, 2.05) is 0 Å². The van der Waals surface area contributed by atoms with Crippen LogP contribution in [0.3, 0.4) is 0 Å². The van der Waals surface area contributed by atoms with Crippen molar-refractivity contribution >= 4 is 17.6 Å². The van der Waals surface area contributed by atoms with Crippen LogP contribution in [0.1, 0.15) is 16.1 Å². The zero-order valence-electron chi connectivity index (χ0n) is 11.2. The highest BCUT2D eigenvalue weighted by atomic mass is 35.5. The second-order valence-corrected chi connectivity index (χ2v) is 4.48. The maximum absolute atomic E-state index is 10.9. The van der Waals surface area contributed by atoms with E-state index in [0.717, 1.165) is 5.56 Å². The van der Waals surface area contributed by atoms with Crippen LogP contribution in [-0.4, -0.2) is 35.5 Å². The molecule has 2 rings (SSSR count). The predicted octanol–water partition coefficient (Wildman–Crippen LogP) is 2.75. The van der Waals surface area contributed by atoms with Gasteiger partial charge < -0.3 is 14.6 Å². The van der Waals surface area contributed by atoms with E-state index >= 15 is 0 Å². The second-order valence-electron chi connectivity index (χ2n) is 4.07. The lowest BCUT2D eigenvalue weighted by Crippen LogP contribution is -1.96. The first-order valence-corrected chi connectivity index (χ1v) is 6.07. The summed E-state index contributed by atoms with van der Waals surface area (Å²) in [6, 6.07) is 3.05. The number of aromatic nitrogens is 2. The van der Waals surface area contributed by atoms with Crippen LogP contribution in [0.2, 0.25) is 5.02 Å². The van der Waals surface area contributed by atoms with E-state index in [4.69, 9.17) is 26.2 Å². The molecular weight excluding hydrogens is 284 g/mol. The number of rotatable bonds is 4. The summed E-state index contributed by atoms with van der Waals surface area (Å²) in [5.41, 5.74) is 1.75. The Balaban J connectivity index is 2.63. The monoisotopic (exact) mass is 296 g/mol. The molecule has 2 N–H and O–H groups in total. The first kappa shape index (κ1) is 14.2. The summed E-state index contributed by atoms with van der Waals surface area (Å²) in [5.74, 6) is -0.0324. The molecule has 7 heteroatoms. The van der Waals surface area contributed by atoms with Crippen molar-refractivity contribution in [3.05, 3.63) is 28.4 Å². The zero-order chi connectivity index (χ0) is 14.9. The molecule has 6 nitrogen and oxygen atoms in total. The van der Waals surface area contributed by atoms with Gasteiger partial charge in [-0.05, 0) is 19.1 Å². The van der Waals surface area contributed by atoms with E-state index in [-0.39, 0.29) is 5.69 Å². The number of halogens is 1. The van der Waals surface area contributed by atoms with Crippen molar-refractivity contribution in [3.8, 4) is 22.8 Å². The van der Waals surface area contributed by atoms with Crippen molar-refractivity contribution in [2.24, 2.45) is 0 Å². The lowest BCUT2D eigenvalue weighted by Gasteiger charge is -2.14. The standard InChI is InChI=1S/C13H13ClN2O4/c1-6-11(19-2)7(4-8(14)12(6)20-3)9-5-10(13(17)18)16-15-9/h4-5H,1-3H3,(H,15,16)(H,17,18). The van der Waals surface area contributed by atoms with E-state index in [1.54, 1.807) is 13.0 Å². The molecule has 2 aromatic rings. The van der Waals surface area contributed by atoms with E-state index in [1.165, 1.54) is 20.3 Å². The number of ether oxygens (including phenoxy) is 2. The summed E-state index contributed by atoms with van der Waals surface area (Å²) in [7, 11) is 3.04. The van der Waals surface area contributed by atoms with Gasteiger partial charge in [0, 0.05) is 11.1 Å². The van der Waals surface area contributed by atoms with Crippen LogP contribution < -0.4 is 9.47 Å². The van der Waals surface area contributed by atoms with Crippen molar-refractivity contribution in [1.82, 2.24) is 10.2 Å². The number of nitrogens with one attached hydrogen (secondary N) is 1. The summed E-state index contributed by atoms with van der Waals surface area (Å²) in [6.07, 6.45) is 0. The summed E-state index contributed by atoms with van der Waals surface area (Å²) >= 11 is 6.15. The Morgan fingerprint density at radius 1 is 1.30 bits per heavy atom. The van der Waals surface area contributed by atoms with Gasteiger partial charge in [0.05, 0.1) is 24.9 Å². The molecule has 0 atom stereocenters. The molecule has 0 aliphatic carbocycles. The van der Waals surface area contributed by atoms with E-state index in [9.17, 15) is 4.79 Å². The van der Waals surface area contributed by atoms with Gasteiger partial charge in [0.2, 0.25) is 0 Å². The Labute approximate surface area is 120 Å². The number of hydrogen-bond donors (Lipinski definition) is 2. The molecule has 1 aromatic heterocycles. The summed E-state index contributed by atoms with van der Waals surface area (Å²) in [5, 5.41) is 15.7. The van der Waals surface area contributed by atoms with Crippen LogP contribution >= 0.6 is 11.6 Å². The molecule has 0 aliphatic heterocycles. The fourth-order valence-electron chi connectivity index (χ4n) is 2.02. The van der Waals surface area contributed by atoms with Crippen molar-refractivity contribution in [2.75, 3.05) is 14.2 Å². The molecule has 0 saturated heterocycles. The lowest BCUT2D eigenvalue weighted by molar-refractivity contribution is 0.0690. The molecule has 0 spiro atoms. The zero-order valence-corrected chi connectivity index (χ0v) is 11.9. The average molecular weight is 297 g/mol. The third kappa shape index (κ3) is 2.30. The molecule has 0 fully saturated rings. The van der Waals surface area contributed by atoms with Gasteiger partial charge in [0.15, 0.2) is 0 Å². The summed E-state index contributed by atoms with van der Waals surface area (Å²) in [4.78, 5) is 10.9. The number of carboxylic acid groups (broad SMARTS) is 1. The van der Waals surface area contributed by atoms with Crippen LogP contribution in [0.5, 0.6) is 11.5 Å².